The first-order chi connectivity index (χ1) is 15.8. The predicted octanol–water partition coefficient (Wildman–Crippen LogP) is 11.5. The Kier molecular flexibility index (Phi) is 28.4. The molecule has 0 amide bonds. The van der Waals surface area contributed by atoms with Crippen LogP contribution in [0.4, 0.5) is 0 Å². The van der Waals surface area contributed by atoms with Gasteiger partial charge in [-0.05, 0) is 0 Å². The van der Waals surface area contributed by atoms with Gasteiger partial charge in [-0.25, -0.2) is 0 Å². The van der Waals surface area contributed by atoms with Crippen molar-refractivity contribution in [2.45, 2.75) is 143 Å². The van der Waals surface area contributed by atoms with Crippen LogP contribution < -0.4 is 0 Å². The molecule has 1 rings (SSSR count). The average molecular weight is 533 g/mol. The molecule has 0 radical (unpaired) electrons. The molecule has 1 unspecified atom stereocenters. The minimum absolute atomic E-state index is 0. The molecule has 0 saturated carbocycles. The summed E-state index contributed by atoms with van der Waals surface area (Å²) in [4.78, 5) is 0. The van der Waals surface area contributed by atoms with Crippen molar-refractivity contribution < 1.29 is 0 Å². The van der Waals surface area contributed by atoms with E-state index in [1.54, 1.807) is 24.0 Å². The molecule has 204 valence electrons. The first-order valence-corrected chi connectivity index (χ1v) is 17.6. The van der Waals surface area contributed by atoms with Gasteiger partial charge < -0.3 is 0 Å². The number of rotatable bonds is 23. The van der Waals surface area contributed by atoms with Gasteiger partial charge in [0.05, 0.1) is 0 Å². The first kappa shape index (κ1) is 36.5. The standard InChI is InChI=1S/C31H59P.ClH.H3P/c1-4-7-10-13-16-22-27-32(28-23-17-14-11-8-5-2,29-24-18-15-12-9-6-3)30-31-25-20-19-21-26-31;;/h19-21,25-26,32H,4-18,22-24,27-30H2,1-3H3;1H;1H3. The molecule has 0 saturated heterocycles. The van der Waals surface area contributed by atoms with Crippen LogP contribution >= 0.6 is 29.6 Å². The van der Waals surface area contributed by atoms with E-state index in [0.29, 0.717) is 0 Å². The van der Waals surface area contributed by atoms with Gasteiger partial charge in [0, 0.05) is 0 Å². The van der Waals surface area contributed by atoms with Crippen molar-refractivity contribution in [1.82, 2.24) is 0 Å². The fourth-order valence-corrected chi connectivity index (χ4v) is 10.9. The van der Waals surface area contributed by atoms with Crippen LogP contribution in [0.3, 0.4) is 0 Å². The molecule has 0 nitrogen and oxygen atoms in total. The fraction of sp³-hybridized carbons (Fsp3) is 0.806. The second-order valence-electron chi connectivity index (χ2n) is 10.7. The van der Waals surface area contributed by atoms with E-state index in [-0.39, 0.29) is 22.3 Å². The van der Waals surface area contributed by atoms with Crippen LogP contribution in [0.2, 0.25) is 0 Å². The predicted molar refractivity (Wildman–Crippen MR) is 172 cm³/mol. The van der Waals surface area contributed by atoms with Gasteiger partial charge in [0.25, 0.3) is 0 Å². The van der Waals surface area contributed by atoms with E-state index < -0.39 is 7.26 Å². The molecule has 1 aromatic rings. The van der Waals surface area contributed by atoms with E-state index in [0.717, 1.165) is 0 Å². The molecule has 1 aromatic carbocycles. The SMILES string of the molecule is CCCCCCCC[PH](CCCCCCCC)(CCCCCCCC)Cc1ccccc1.Cl.P. The van der Waals surface area contributed by atoms with E-state index in [4.69, 9.17) is 0 Å². The maximum absolute atomic E-state index is 2.42. The molecule has 3 heteroatoms. The minimum atomic E-state index is -1.24. The maximum atomic E-state index is 2.42. The van der Waals surface area contributed by atoms with Crippen molar-refractivity contribution >= 4 is 29.6 Å². The van der Waals surface area contributed by atoms with Crippen LogP contribution in [-0.2, 0) is 6.16 Å². The molecule has 0 N–H and O–H groups in total. The van der Waals surface area contributed by atoms with E-state index in [2.05, 4.69) is 51.1 Å². The van der Waals surface area contributed by atoms with E-state index >= 15 is 0 Å². The zero-order valence-corrected chi connectivity index (χ0v) is 26.8. The molecule has 0 aliphatic heterocycles. The molecule has 0 aromatic heterocycles. The Labute approximate surface area is 226 Å². The molecule has 0 heterocycles. The summed E-state index contributed by atoms with van der Waals surface area (Å²) in [6.45, 7) is 7.00. The largest absolute Gasteiger partial charge is 0.153 e. The monoisotopic (exact) mass is 532 g/mol. The number of unbranched alkanes of at least 4 members (excludes halogenated alkanes) is 15. The Morgan fingerprint density at radius 1 is 0.471 bits per heavy atom. The van der Waals surface area contributed by atoms with Crippen LogP contribution in [-0.4, -0.2) is 18.5 Å². The van der Waals surface area contributed by atoms with Gasteiger partial charge in [0.1, 0.15) is 0 Å². The van der Waals surface area contributed by atoms with E-state index in [1.807, 2.05) is 0 Å². The minimum Gasteiger partial charge on any atom is -0.153 e. The Bertz CT molecular complexity index is 465. The van der Waals surface area contributed by atoms with Crippen molar-refractivity contribution in [3.63, 3.8) is 0 Å². The third-order valence-corrected chi connectivity index (χ3v) is 13.0. The van der Waals surface area contributed by atoms with Gasteiger partial charge in [-0.2, -0.15) is 9.90 Å². The molecule has 34 heavy (non-hydrogen) atoms. The van der Waals surface area contributed by atoms with Crippen molar-refractivity contribution in [2.24, 2.45) is 0 Å². The van der Waals surface area contributed by atoms with Gasteiger partial charge in [-0.15, -0.1) is 12.4 Å². The second kappa shape index (κ2) is 26.4. The number of hydrogen-bond acceptors (Lipinski definition) is 0. The normalized spacial score (nSPS) is 11.6. The summed E-state index contributed by atoms with van der Waals surface area (Å²) in [5.41, 5.74) is 1.64. The molecule has 0 spiro atoms. The molecule has 0 aliphatic rings. The van der Waals surface area contributed by atoms with Crippen LogP contribution in [0.25, 0.3) is 0 Å². The summed E-state index contributed by atoms with van der Waals surface area (Å²) < 4.78 is 0. The summed E-state index contributed by atoms with van der Waals surface area (Å²) in [6, 6.07) is 11.6. The third kappa shape index (κ3) is 19.5. The molecular weight excluding hydrogens is 470 g/mol. The van der Waals surface area contributed by atoms with Gasteiger partial charge in [0.2, 0.25) is 0 Å². The fourth-order valence-electron chi connectivity index (χ4n) is 5.51. The van der Waals surface area contributed by atoms with Crippen LogP contribution in [0.5, 0.6) is 0 Å². The summed E-state index contributed by atoms with van der Waals surface area (Å²) in [5, 5.41) is 0. The Balaban J connectivity index is 0. The third-order valence-electron chi connectivity index (χ3n) is 7.60. The molecule has 0 aliphatic carbocycles. The van der Waals surface area contributed by atoms with Crippen LogP contribution in [0.1, 0.15) is 142 Å². The van der Waals surface area contributed by atoms with Crippen molar-refractivity contribution in [3.8, 4) is 0 Å². The zero-order chi connectivity index (χ0) is 23.2. The summed E-state index contributed by atoms with van der Waals surface area (Å²) >= 11 is 0. The van der Waals surface area contributed by atoms with Crippen molar-refractivity contribution in [2.75, 3.05) is 18.5 Å². The molecular formula is C31H63ClP2. The van der Waals surface area contributed by atoms with Gasteiger partial charge in [-0.1, -0.05) is 0 Å². The smallest absolute Gasteiger partial charge is 0.147 e. The number of hydrogen-bond donors (Lipinski definition) is 0. The first-order valence-electron chi connectivity index (χ1n) is 14.8. The number of halogens is 1. The Morgan fingerprint density at radius 3 is 1.15 bits per heavy atom. The Hall–Kier alpha value is 0.370. The topological polar surface area (TPSA) is 0 Å². The maximum Gasteiger partial charge on any atom is -0.147 e. The van der Waals surface area contributed by atoms with Crippen LogP contribution in [0.15, 0.2) is 30.3 Å². The number of benzene rings is 1. The van der Waals surface area contributed by atoms with E-state index in [9.17, 15) is 0 Å². The average Bonchev–Trinajstić information content (AvgIpc) is 2.81. The van der Waals surface area contributed by atoms with Gasteiger partial charge in [0.15, 0.2) is 0 Å². The summed E-state index contributed by atoms with van der Waals surface area (Å²) in [6.07, 6.45) is 32.4. The summed E-state index contributed by atoms with van der Waals surface area (Å²) in [7, 11) is -1.24. The quantitative estimate of drug-likeness (QED) is 0.0970. The summed E-state index contributed by atoms with van der Waals surface area (Å²) in [5.74, 6) is 0. The Morgan fingerprint density at radius 2 is 0.794 bits per heavy atom. The molecule has 0 fully saturated rings. The molecule has 0 bridgehead atoms. The van der Waals surface area contributed by atoms with Crippen molar-refractivity contribution in [1.29, 1.82) is 0 Å². The van der Waals surface area contributed by atoms with Gasteiger partial charge >= 0.3 is 204 Å². The van der Waals surface area contributed by atoms with E-state index in [1.165, 1.54) is 122 Å². The van der Waals surface area contributed by atoms with Crippen molar-refractivity contribution in [3.05, 3.63) is 35.9 Å². The second-order valence-corrected chi connectivity index (χ2v) is 15.6. The molecule has 1 atom stereocenters. The van der Waals surface area contributed by atoms with Crippen LogP contribution in [0, 0.1) is 0 Å². The zero-order valence-electron chi connectivity index (χ0n) is 23.6. The van der Waals surface area contributed by atoms with Gasteiger partial charge in [-0.3, -0.25) is 0 Å².